The second-order valence-electron chi connectivity index (χ2n) is 10.5. The van der Waals surface area contributed by atoms with E-state index in [4.69, 9.17) is 9.47 Å². The molecule has 0 aliphatic rings. The van der Waals surface area contributed by atoms with Gasteiger partial charge in [-0.1, -0.05) is 24.3 Å². The predicted octanol–water partition coefficient (Wildman–Crippen LogP) is 1.18. The van der Waals surface area contributed by atoms with Gasteiger partial charge in [0.2, 0.25) is 23.8 Å². The lowest BCUT2D eigenvalue weighted by Gasteiger charge is -2.20. The molecule has 0 aliphatic carbocycles. The number of methoxy groups -OCH3 is 2. The fourth-order valence-electron chi connectivity index (χ4n) is 4.68. The van der Waals surface area contributed by atoms with Crippen LogP contribution in [0.1, 0.15) is 25.0 Å². The average Bonchev–Trinajstić information content (AvgIpc) is 3.11. The van der Waals surface area contributed by atoms with Crippen LogP contribution in [0, 0.1) is 0 Å². The standard InChI is InChI=1S/C30H38N10O10S2/c1-5-39(13-15-41)27-33-25(35-29(37-27)49-3)31-21-11-9-19(23(17-21)51(43,44)45)7-8-20-10-12-22(18-24(20)52(46,47)48)32-26-34-28(38-30(36-26)50-4)40(6-2)14-16-42/h7-12,17-18,41-42H,5-6,13-16H2,1-4H3,(H,43,44,45)(H,46,47,48)(H,31,33,35,37)(H,32,34,36,38)/p-2/b8-7+. The van der Waals surface area contributed by atoms with E-state index in [0.717, 1.165) is 12.1 Å². The topological polar surface area (TPSA) is 281 Å². The molecular formula is C30H36N10O10S2-2. The van der Waals surface area contributed by atoms with E-state index in [1.54, 1.807) is 9.80 Å². The third kappa shape index (κ3) is 10.2. The Morgan fingerprint density at radius 2 is 1.06 bits per heavy atom. The van der Waals surface area contributed by atoms with Gasteiger partial charge in [-0.05, 0) is 49.2 Å². The summed E-state index contributed by atoms with van der Waals surface area (Å²) in [5.41, 5.74) is -0.0186. The minimum Gasteiger partial charge on any atom is -0.744 e. The molecule has 2 heterocycles. The molecule has 4 rings (SSSR count). The molecule has 0 atom stereocenters. The van der Waals surface area contributed by atoms with Gasteiger partial charge in [0.25, 0.3) is 0 Å². The van der Waals surface area contributed by atoms with Gasteiger partial charge < -0.3 is 49.2 Å². The molecule has 0 saturated heterocycles. The normalized spacial score (nSPS) is 11.8. The van der Waals surface area contributed by atoms with Crippen LogP contribution < -0.4 is 29.9 Å². The first-order valence-corrected chi connectivity index (χ1v) is 18.3. The van der Waals surface area contributed by atoms with Gasteiger partial charge >= 0.3 is 12.0 Å². The Morgan fingerprint density at radius 3 is 1.37 bits per heavy atom. The van der Waals surface area contributed by atoms with Crippen molar-refractivity contribution in [1.29, 1.82) is 0 Å². The van der Waals surface area contributed by atoms with Crippen LogP contribution in [0.2, 0.25) is 0 Å². The molecule has 0 bridgehead atoms. The molecule has 20 nitrogen and oxygen atoms in total. The lowest BCUT2D eigenvalue weighted by molar-refractivity contribution is 0.301. The number of likely N-dealkylation sites (N-methyl/N-ethyl adjacent to an activating group) is 2. The SMILES string of the molecule is CCN(CCO)c1nc(Nc2ccc(/C=C/c3ccc(Nc4nc(OC)nc(N(CC)CCO)n4)cc3S(=O)(=O)[O-])c(S(=O)(=O)[O-])c2)nc(OC)n1. The first-order valence-electron chi connectivity index (χ1n) is 15.5. The van der Waals surface area contributed by atoms with Crippen LogP contribution in [-0.2, 0) is 20.2 Å². The zero-order valence-corrected chi connectivity index (χ0v) is 30.0. The Kier molecular flexibility index (Phi) is 13.2. The maximum atomic E-state index is 12.3. The Balaban J connectivity index is 1.67. The van der Waals surface area contributed by atoms with E-state index in [-0.39, 0.29) is 84.6 Å². The first-order chi connectivity index (χ1) is 24.7. The highest BCUT2D eigenvalue weighted by atomic mass is 32.2. The number of nitrogens with zero attached hydrogens (tertiary/aromatic N) is 8. The molecule has 0 fully saturated rings. The number of hydrogen-bond acceptors (Lipinski definition) is 20. The van der Waals surface area contributed by atoms with Gasteiger partial charge in [0.15, 0.2) is 0 Å². The molecule has 0 saturated carbocycles. The second-order valence-corrected chi connectivity index (χ2v) is 13.2. The number of hydrogen-bond donors (Lipinski definition) is 4. The third-order valence-electron chi connectivity index (χ3n) is 7.16. The molecule has 280 valence electrons. The van der Waals surface area contributed by atoms with Gasteiger partial charge in [-0.15, -0.1) is 0 Å². The van der Waals surface area contributed by atoms with Gasteiger partial charge in [-0.25, -0.2) is 16.8 Å². The van der Waals surface area contributed by atoms with Crippen molar-refractivity contribution in [2.45, 2.75) is 23.6 Å². The number of anilines is 6. The molecule has 0 aliphatic heterocycles. The fraction of sp³-hybridized carbons (Fsp3) is 0.333. The number of aliphatic hydroxyl groups excluding tert-OH is 2. The van der Waals surface area contributed by atoms with Crippen molar-refractivity contribution >= 4 is 67.6 Å². The van der Waals surface area contributed by atoms with Gasteiger partial charge in [-0.3, -0.25) is 0 Å². The van der Waals surface area contributed by atoms with E-state index in [0.29, 0.717) is 13.1 Å². The van der Waals surface area contributed by atoms with Crippen molar-refractivity contribution in [1.82, 2.24) is 29.9 Å². The number of benzene rings is 2. The minimum absolute atomic E-state index is 0.0468. The molecule has 2 aromatic carbocycles. The third-order valence-corrected chi connectivity index (χ3v) is 8.95. The number of ether oxygens (including phenoxy) is 2. The summed E-state index contributed by atoms with van der Waals surface area (Å²) in [6.45, 7) is 4.63. The average molecular weight is 761 g/mol. The van der Waals surface area contributed by atoms with Crippen molar-refractivity contribution in [2.75, 3.05) is 74.0 Å². The molecule has 0 spiro atoms. The summed E-state index contributed by atoms with van der Waals surface area (Å²) in [5.74, 6) is 0.252. The van der Waals surface area contributed by atoms with Crippen LogP contribution in [0.4, 0.5) is 35.2 Å². The number of aliphatic hydroxyl groups is 2. The van der Waals surface area contributed by atoms with E-state index in [1.165, 1.54) is 50.6 Å². The van der Waals surface area contributed by atoms with Crippen molar-refractivity contribution < 1.29 is 45.6 Å². The summed E-state index contributed by atoms with van der Waals surface area (Å²) in [6, 6.07) is 7.37. The Bertz CT molecular complexity index is 1970. The summed E-state index contributed by atoms with van der Waals surface area (Å²) in [6.07, 6.45) is 2.35. The van der Waals surface area contributed by atoms with E-state index in [2.05, 4.69) is 40.5 Å². The maximum Gasteiger partial charge on any atom is 0.322 e. The van der Waals surface area contributed by atoms with E-state index >= 15 is 0 Å². The van der Waals surface area contributed by atoms with Crippen LogP contribution in [0.25, 0.3) is 12.2 Å². The van der Waals surface area contributed by atoms with Gasteiger partial charge in [0.05, 0.1) is 37.2 Å². The van der Waals surface area contributed by atoms with Crippen LogP contribution >= 0.6 is 0 Å². The van der Waals surface area contributed by atoms with Crippen LogP contribution in [0.3, 0.4) is 0 Å². The first kappa shape index (κ1) is 39.5. The molecule has 4 aromatic rings. The maximum absolute atomic E-state index is 12.3. The molecule has 4 N–H and O–H groups in total. The van der Waals surface area contributed by atoms with Crippen molar-refractivity contribution in [3.05, 3.63) is 47.5 Å². The number of nitrogens with one attached hydrogen (secondary N) is 2. The molecule has 0 amide bonds. The summed E-state index contributed by atoms with van der Waals surface area (Å²) >= 11 is 0. The summed E-state index contributed by atoms with van der Waals surface area (Å²) in [7, 11) is -7.50. The molecule has 0 radical (unpaired) electrons. The van der Waals surface area contributed by atoms with E-state index in [9.17, 15) is 36.2 Å². The zero-order valence-electron chi connectivity index (χ0n) is 28.4. The number of aromatic nitrogens is 6. The Hall–Kier alpha value is -5.26. The highest BCUT2D eigenvalue weighted by molar-refractivity contribution is 7.86. The van der Waals surface area contributed by atoms with Crippen LogP contribution in [0.15, 0.2) is 46.2 Å². The summed E-state index contributed by atoms with van der Waals surface area (Å²) in [5, 5.41) is 24.4. The largest absolute Gasteiger partial charge is 0.744 e. The highest BCUT2D eigenvalue weighted by Crippen LogP contribution is 2.28. The van der Waals surface area contributed by atoms with E-state index in [1.807, 2.05) is 13.8 Å². The predicted molar refractivity (Wildman–Crippen MR) is 187 cm³/mol. The zero-order chi connectivity index (χ0) is 38.1. The molecule has 52 heavy (non-hydrogen) atoms. The van der Waals surface area contributed by atoms with Crippen molar-refractivity contribution in [3.63, 3.8) is 0 Å². The van der Waals surface area contributed by atoms with Gasteiger partial charge in [-0.2, -0.15) is 29.9 Å². The molecule has 0 unspecified atom stereocenters. The highest BCUT2D eigenvalue weighted by Gasteiger charge is 2.17. The van der Waals surface area contributed by atoms with E-state index < -0.39 is 30.0 Å². The molecule has 2 aromatic heterocycles. The lowest BCUT2D eigenvalue weighted by Crippen LogP contribution is -2.28. The van der Waals surface area contributed by atoms with Gasteiger partial charge in [0.1, 0.15) is 20.2 Å². The van der Waals surface area contributed by atoms with Gasteiger partial charge in [0, 0.05) is 37.6 Å². The second kappa shape index (κ2) is 17.3. The summed E-state index contributed by atoms with van der Waals surface area (Å²) < 4.78 is 84.3. The smallest absolute Gasteiger partial charge is 0.322 e. The fourth-order valence-corrected chi connectivity index (χ4v) is 6.07. The lowest BCUT2D eigenvalue weighted by atomic mass is 10.1. The summed E-state index contributed by atoms with van der Waals surface area (Å²) in [4.78, 5) is 27.1. The molecule has 22 heteroatoms. The van der Waals surface area contributed by atoms with Crippen LogP contribution in [-0.4, -0.2) is 120 Å². The quantitative estimate of drug-likeness (QED) is 0.0818. The minimum atomic E-state index is -5.09. The molecular weight excluding hydrogens is 725 g/mol. The monoisotopic (exact) mass is 760 g/mol. The number of rotatable bonds is 18. The Labute approximate surface area is 299 Å². The van der Waals surface area contributed by atoms with Crippen LogP contribution in [0.5, 0.6) is 12.0 Å². The van der Waals surface area contributed by atoms with Crippen molar-refractivity contribution in [3.8, 4) is 12.0 Å². The van der Waals surface area contributed by atoms with Crippen molar-refractivity contribution in [2.24, 2.45) is 0 Å². The Morgan fingerprint density at radius 1 is 0.673 bits per heavy atom.